The Labute approximate surface area is 222 Å². The number of ether oxygens (including phenoxy) is 7. The summed E-state index contributed by atoms with van der Waals surface area (Å²) in [6.45, 7) is 4.35. The third-order valence-electron chi connectivity index (χ3n) is 7.48. The van der Waals surface area contributed by atoms with E-state index in [-0.39, 0.29) is 18.6 Å². The molecule has 8 heteroatoms. The summed E-state index contributed by atoms with van der Waals surface area (Å²) in [4.78, 5) is 13.4. The molecule has 0 saturated heterocycles. The van der Waals surface area contributed by atoms with Gasteiger partial charge in [-0.25, -0.2) is 4.79 Å². The van der Waals surface area contributed by atoms with Crippen LogP contribution in [0.1, 0.15) is 41.4 Å². The zero-order chi connectivity index (χ0) is 27.0. The van der Waals surface area contributed by atoms with Crippen molar-refractivity contribution in [3.05, 3.63) is 59.2 Å². The Hall–Kier alpha value is -4.07. The topological polar surface area (TPSA) is 81.7 Å². The Bertz CT molecular complexity index is 1350. The van der Waals surface area contributed by atoms with Gasteiger partial charge >= 0.3 is 5.97 Å². The zero-order valence-corrected chi connectivity index (χ0v) is 22.5. The molecular formula is C30H32O8. The van der Waals surface area contributed by atoms with Crippen molar-refractivity contribution in [2.45, 2.75) is 26.4 Å². The van der Waals surface area contributed by atoms with E-state index in [2.05, 4.69) is 13.8 Å². The number of benzene rings is 3. The Balaban J connectivity index is 1.83. The minimum Gasteiger partial charge on any atom is -0.493 e. The molecule has 0 unspecified atom stereocenters. The molecule has 0 N–H and O–H groups in total. The molecule has 0 amide bonds. The average Bonchev–Trinajstić information content (AvgIpc) is 3.41. The highest BCUT2D eigenvalue weighted by atomic mass is 16.7. The van der Waals surface area contributed by atoms with Gasteiger partial charge in [0.2, 0.25) is 18.3 Å². The molecule has 0 fully saturated rings. The third-order valence-corrected chi connectivity index (χ3v) is 7.48. The predicted molar refractivity (Wildman–Crippen MR) is 141 cm³/mol. The van der Waals surface area contributed by atoms with Crippen molar-refractivity contribution in [3.63, 3.8) is 0 Å². The molecule has 2 aliphatic rings. The van der Waals surface area contributed by atoms with Crippen LogP contribution in [0.15, 0.2) is 42.5 Å². The molecule has 8 nitrogen and oxygen atoms in total. The van der Waals surface area contributed by atoms with Crippen molar-refractivity contribution in [1.29, 1.82) is 0 Å². The van der Waals surface area contributed by atoms with Crippen LogP contribution in [0.4, 0.5) is 0 Å². The van der Waals surface area contributed by atoms with Crippen molar-refractivity contribution in [2.24, 2.45) is 11.8 Å². The normalized spacial score (nSPS) is 19.4. The highest BCUT2D eigenvalue weighted by molar-refractivity contribution is 5.91. The average molecular weight is 521 g/mol. The quantitative estimate of drug-likeness (QED) is 0.375. The SMILES string of the molecule is COc1cc2c(c(OC)c1OC)-c1c(cc3c(c1OC)OCO3)C[C@H](C)[C@H](C)[C@H]2OC(=O)c1ccccc1. The second-order valence-corrected chi connectivity index (χ2v) is 9.52. The largest absolute Gasteiger partial charge is 0.493 e. The van der Waals surface area contributed by atoms with Gasteiger partial charge in [0.05, 0.1) is 34.0 Å². The van der Waals surface area contributed by atoms with Gasteiger partial charge in [0.25, 0.3) is 0 Å². The summed E-state index contributed by atoms with van der Waals surface area (Å²) in [5.74, 6) is 2.67. The molecule has 0 spiro atoms. The number of hydrogen-bond donors (Lipinski definition) is 0. The summed E-state index contributed by atoms with van der Waals surface area (Å²) < 4.78 is 41.2. The van der Waals surface area contributed by atoms with Crippen LogP contribution < -0.4 is 28.4 Å². The lowest BCUT2D eigenvalue weighted by Crippen LogP contribution is -2.27. The maximum absolute atomic E-state index is 13.4. The van der Waals surface area contributed by atoms with Gasteiger partial charge in [-0.2, -0.15) is 0 Å². The molecule has 0 saturated carbocycles. The minimum absolute atomic E-state index is 0.0613. The summed E-state index contributed by atoms with van der Waals surface area (Å²) in [6, 6.07) is 12.8. The van der Waals surface area contributed by atoms with Crippen molar-refractivity contribution in [2.75, 3.05) is 35.2 Å². The molecule has 1 heterocycles. The molecule has 3 aromatic carbocycles. The fourth-order valence-electron chi connectivity index (χ4n) is 5.39. The highest BCUT2D eigenvalue weighted by Gasteiger charge is 2.39. The first-order valence-corrected chi connectivity index (χ1v) is 12.5. The zero-order valence-electron chi connectivity index (χ0n) is 22.5. The lowest BCUT2D eigenvalue weighted by atomic mass is 9.75. The molecule has 3 atom stereocenters. The second-order valence-electron chi connectivity index (χ2n) is 9.52. The number of carbonyl (C=O) groups is 1. The van der Waals surface area contributed by atoms with Gasteiger partial charge in [-0.15, -0.1) is 0 Å². The Kier molecular flexibility index (Phi) is 6.97. The van der Waals surface area contributed by atoms with Crippen LogP contribution >= 0.6 is 0 Å². The van der Waals surface area contributed by atoms with E-state index >= 15 is 0 Å². The fraction of sp³-hybridized carbons (Fsp3) is 0.367. The molecule has 5 rings (SSSR count). The predicted octanol–water partition coefficient (Wildman–Crippen LogP) is 5.84. The fourth-order valence-corrected chi connectivity index (χ4v) is 5.39. The molecule has 1 aliphatic carbocycles. The van der Waals surface area contributed by atoms with E-state index in [1.165, 1.54) is 0 Å². The van der Waals surface area contributed by atoms with Gasteiger partial charge < -0.3 is 33.2 Å². The second kappa shape index (κ2) is 10.4. The first-order valence-electron chi connectivity index (χ1n) is 12.5. The molecule has 1 aliphatic heterocycles. The summed E-state index contributed by atoms with van der Waals surface area (Å²) in [6.07, 6.45) is 0.0597. The molecular weight excluding hydrogens is 488 g/mol. The van der Waals surface area contributed by atoms with E-state index in [0.717, 1.165) is 16.7 Å². The first kappa shape index (κ1) is 25.6. The maximum Gasteiger partial charge on any atom is 0.338 e. The number of esters is 1. The number of methoxy groups -OCH3 is 4. The van der Waals surface area contributed by atoms with Crippen molar-refractivity contribution in [3.8, 4) is 45.6 Å². The Morgan fingerprint density at radius 2 is 1.55 bits per heavy atom. The molecule has 200 valence electrons. The Morgan fingerprint density at radius 3 is 2.21 bits per heavy atom. The van der Waals surface area contributed by atoms with Crippen LogP contribution in [0, 0.1) is 11.8 Å². The maximum atomic E-state index is 13.4. The standard InChI is InChI=1S/C30H32O8/c1-16-12-19-13-22-27(37-15-36-22)28(34-5)23(19)24-20(14-21(32-3)26(33-4)29(24)35-6)25(17(16)2)38-30(31)18-10-8-7-9-11-18/h7-11,13-14,16-17,25H,12,15H2,1-6H3/t16-,17-,25+/m0/s1. The third kappa shape index (κ3) is 4.14. The molecule has 0 bridgehead atoms. The van der Waals surface area contributed by atoms with Gasteiger partial charge in [0.1, 0.15) is 6.10 Å². The van der Waals surface area contributed by atoms with E-state index in [1.54, 1.807) is 40.6 Å². The number of fused-ring (bicyclic) bond motifs is 4. The van der Waals surface area contributed by atoms with E-state index in [0.29, 0.717) is 52.0 Å². The van der Waals surface area contributed by atoms with Crippen LogP contribution in [0.5, 0.6) is 34.5 Å². The van der Waals surface area contributed by atoms with Crippen LogP contribution in [0.2, 0.25) is 0 Å². The van der Waals surface area contributed by atoms with Gasteiger partial charge in [0.15, 0.2) is 23.0 Å². The summed E-state index contributed by atoms with van der Waals surface area (Å²) in [7, 11) is 6.30. The summed E-state index contributed by atoms with van der Waals surface area (Å²) in [5.41, 5.74) is 3.68. The van der Waals surface area contributed by atoms with Crippen molar-refractivity contribution < 1.29 is 38.0 Å². The van der Waals surface area contributed by atoms with E-state index in [4.69, 9.17) is 33.2 Å². The number of carbonyl (C=O) groups excluding carboxylic acids is 1. The highest BCUT2D eigenvalue weighted by Crippen LogP contribution is 2.58. The van der Waals surface area contributed by atoms with Crippen molar-refractivity contribution in [1.82, 2.24) is 0 Å². The molecule has 38 heavy (non-hydrogen) atoms. The van der Waals surface area contributed by atoms with Crippen molar-refractivity contribution >= 4 is 5.97 Å². The van der Waals surface area contributed by atoms with Crippen LogP contribution in [-0.4, -0.2) is 41.2 Å². The van der Waals surface area contributed by atoms with Crippen LogP contribution in [0.3, 0.4) is 0 Å². The van der Waals surface area contributed by atoms with Gasteiger partial charge in [0, 0.05) is 22.6 Å². The lowest BCUT2D eigenvalue weighted by molar-refractivity contribution is 0.00698. The van der Waals surface area contributed by atoms with Crippen LogP contribution in [-0.2, 0) is 11.2 Å². The first-order chi connectivity index (χ1) is 18.4. The molecule has 3 aromatic rings. The lowest BCUT2D eigenvalue weighted by Gasteiger charge is -2.35. The summed E-state index contributed by atoms with van der Waals surface area (Å²) >= 11 is 0. The van der Waals surface area contributed by atoms with E-state index < -0.39 is 12.1 Å². The summed E-state index contributed by atoms with van der Waals surface area (Å²) in [5, 5.41) is 0. The Morgan fingerprint density at radius 1 is 0.842 bits per heavy atom. The monoisotopic (exact) mass is 520 g/mol. The molecule has 0 radical (unpaired) electrons. The van der Waals surface area contributed by atoms with Gasteiger partial charge in [-0.3, -0.25) is 0 Å². The van der Waals surface area contributed by atoms with E-state index in [1.807, 2.05) is 30.3 Å². The molecule has 0 aromatic heterocycles. The number of rotatable bonds is 6. The number of hydrogen-bond acceptors (Lipinski definition) is 8. The minimum atomic E-state index is -0.621. The van der Waals surface area contributed by atoms with Gasteiger partial charge in [-0.05, 0) is 42.2 Å². The van der Waals surface area contributed by atoms with Gasteiger partial charge in [-0.1, -0.05) is 32.0 Å². The van der Waals surface area contributed by atoms with Crippen LogP contribution in [0.25, 0.3) is 11.1 Å². The van der Waals surface area contributed by atoms with E-state index in [9.17, 15) is 4.79 Å². The smallest absolute Gasteiger partial charge is 0.338 e.